The molecule has 0 N–H and O–H groups in total. The first kappa shape index (κ1) is 15.7. The van der Waals surface area contributed by atoms with Crippen molar-refractivity contribution in [3.8, 4) is 5.75 Å². The lowest BCUT2D eigenvalue weighted by atomic mass is 9.96. The Hall–Kier alpha value is -2.69. The average Bonchev–Trinajstić information content (AvgIpc) is 2.48. The number of nitrogens with zero attached hydrogens (tertiary/aromatic N) is 1. The smallest absolute Gasteiger partial charge is 0.269 e. The number of ether oxygens (including phenoxy) is 1. The second-order valence-electron chi connectivity index (χ2n) is 5.45. The molecule has 2 aromatic rings. The maximum absolute atomic E-state index is 12.4. The molecule has 0 saturated heterocycles. The van der Waals surface area contributed by atoms with E-state index in [-0.39, 0.29) is 17.9 Å². The lowest BCUT2D eigenvalue weighted by molar-refractivity contribution is -0.384. The zero-order valence-corrected chi connectivity index (χ0v) is 12.5. The Morgan fingerprint density at radius 3 is 2.23 bits per heavy atom. The Morgan fingerprint density at radius 1 is 1.09 bits per heavy atom. The van der Waals surface area contributed by atoms with Gasteiger partial charge in [-0.2, -0.15) is 0 Å². The average molecular weight is 299 g/mol. The number of hydrogen-bond donors (Lipinski definition) is 0. The van der Waals surface area contributed by atoms with Crippen LogP contribution in [0.1, 0.15) is 19.4 Å². The summed E-state index contributed by atoms with van der Waals surface area (Å²) in [5.74, 6) is 0.370. The van der Waals surface area contributed by atoms with Crippen LogP contribution in [-0.2, 0) is 11.2 Å². The fourth-order valence-corrected chi connectivity index (χ4v) is 1.98. The van der Waals surface area contributed by atoms with Gasteiger partial charge in [0.15, 0.2) is 11.4 Å². The third-order valence-corrected chi connectivity index (χ3v) is 3.30. The highest BCUT2D eigenvalue weighted by molar-refractivity contribution is 5.88. The van der Waals surface area contributed by atoms with E-state index in [1.165, 1.54) is 24.3 Å². The van der Waals surface area contributed by atoms with Crippen molar-refractivity contribution >= 4 is 11.5 Å². The highest BCUT2D eigenvalue weighted by atomic mass is 16.6. The molecule has 2 aromatic carbocycles. The summed E-state index contributed by atoms with van der Waals surface area (Å²) < 4.78 is 5.70. The molecule has 0 amide bonds. The van der Waals surface area contributed by atoms with Gasteiger partial charge in [0.2, 0.25) is 0 Å². The first-order valence-corrected chi connectivity index (χ1v) is 6.89. The van der Waals surface area contributed by atoms with Crippen LogP contribution >= 0.6 is 0 Å². The van der Waals surface area contributed by atoms with Crippen molar-refractivity contribution in [3.05, 3.63) is 70.3 Å². The van der Waals surface area contributed by atoms with Crippen LogP contribution in [0.3, 0.4) is 0 Å². The second kappa shape index (κ2) is 6.39. The van der Waals surface area contributed by atoms with Gasteiger partial charge in [-0.15, -0.1) is 0 Å². The van der Waals surface area contributed by atoms with Gasteiger partial charge < -0.3 is 4.74 Å². The third kappa shape index (κ3) is 3.91. The minimum Gasteiger partial charge on any atom is -0.480 e. The van der Waals surface area contributed by atoms with Gasteiger partial charge in [-0.1, -0.05) is 30.3 Å². The van der Waals surface area contributed by atoms with Gasteiger partial charge in [-0.05, 0) is 31.5 Å². The molecule has 0 fully saturated rings. The summed E-state index contributed by atoms with van der Waals surface area (Å²) in [5, 5.41) is 10.6. The highest BCUT2D eigenvalue weighted by Crippen LogP contribution is 2.23. The summed E-state index contributed by atoms with van der Waals surface area (Å²) >= 11 is 0. The molecular formula is C17H17NO4. The van der Waals surface area contributed by atoms with E-state index in [0.29, 0.717) is 5.75 Å². The number of nitro groups is 1. The lowest BCUT2D eigenvalue weighted by Crippen LogP contribution is -2.39. The van der Waals surface area contributed by atoms with Crippen LogP contribution in [-0.4, -0.2) is 16.3 Å². The topological polar surface area (TPSA) is 69.4 Å². The molecule has 0 unspecified atom stereocenters. The van der Waals surface area contributed by atoms with Crippen LogP contribution in [0, 0.1) is 10.1 Å². The van der Waals surface area contributed by atoms with Gasteiger partial charge in [-0.25, -0.2) is 0 Å². The van der Waals surface area contributed by atoms with Gasteiger partial charge in [0.1, 0.15) is 5.75 Å². The van der Waals surface area contributed by atoms with Gasteiger partial charge in [0.05, 0.1) is 4.92 Å². The largest absolute Gasteiger partial charge is 0.480 e. The molecular weight excluding hydrogens is 282 g/mol. The van der Waals surface area contributed by atoms with E-state index in [1.807, 2.05) is 30.3 Å². The molecule has 114 valence electrons. The van der Waals surface area contributed by atoms with E-state index in [1.54, 1.807) is 13.8 Å². The van der Waals surface area contributed by atoms with Crippen LogP contribution < -0.4 is 4.74 Å². The van der Waals surface area contributed by atoms with Crippen LogP contribution in [0.5, 0.6) is 5.75 Å². The van der Waals surface area contributed by atoms with Crippen molar-refractivity contribution in [2.24, 2.45) is 0 Å². The van der Waals surface area contributed by atoms with E-state index in [4.69, 9.17) is 4.74 Å². The van der Waals surface area contributed by atoms with Gasteiger partial charge in [0.25, 0.3) is 5.69 Å². The standard InChI is InChI=1S/C17H17NO4/c1-17(2,16(19)12-13-6-4-3-5-7-13)22-15-10-8-14(9-11-15)18(20)21/h3-11H,12H2,1-2H3. The summed E-state index contributed by atoms with van der Waals surface area (Å²) in [6, 6.07) is 15.1. The number of rotatable bonds is 6. The number of ketones is 1. The molecule has 0 saturated carbocycles. The molecule has 22 heavy (non-hydrogen) atoms. The summed E-state index contributed by atoms with van der Waals surface area (Å²) in [4.78, 5) is 22.5. The van der Waals surface area contributed by atoms with E-state index in [2.05, 4.69) is 0 Å². The van der Waals surface area contributed by atoms with Crippen molar-refractivity contribution in [2.75, 3.05) is 0 Å². The van der Waals surface area contributed by atoms with E-state index >= 15 is 0 Å². The summed E-state index contributed by atoms with van der Waals surface area (Å²) in [7, 11) is 0. The Bertz CT molecular complexity index is 663. The molecule has 0 aliphatic rings. The number of benzene rings is 2. The van der Waals surface area contributed by atoms with E-state index in [0.717, 1.165) is 5.56 Å². The van der Waals surface area contributed by atoms with Gasteiger partial charge >= 0.3 is 0 Å². The Morgan fingerprint density at radius 2 is 1.68 bits per heavy atom. The number of nitro benzene ring substituents is 1. The molecule has 0 spiro atoms. The lowest BCUT2D eigenvalue weighted by Gasteiger charge is -2.25. The SMILES string of the molecule is CC(C)(Oc1ccc([N+](=O)[O-])cc1)C(=O)Cc1ccccc1. The van der Waals surface area contributed by atoms with Crippen LogP contribution in [0.25, 0.3) is 0 Å². The summed E-state index contributed by atoms with van der Waals surface area (Å²) in [5.41, 5.74) is -0.0972. The minimum absolute atomic E-state index is 0.0132. The predicted molar refractivity (Wildman–Crippen MR) is 83.0 cm³/mol. The van der Waals surface area contributed by atoms with Crippen LogP contribution in [0.2, 0.25) is 0 Å². The predicted octanol–water partition coefficient (Wildman–Crippen LogP) is 3.56. The summed E-state index contributed by atoms with van der Waals surface area (Å²) in [6.45, 7) is 3.39. The molecule has 2 rings (SSSR count). The van der Waals surface area contributed by atoms with Crippen molar-refractivity contribution in [3.63, 3.8) is 0 Å². The van der Waals surface area contributed by atoms with Gasteiger partial charge in [-0.3, -0.25) is 14.9 Å². The van der Waals surface area contributed by atoms with Crippen molar-refractivity contribution in [1.82, 2.24) is 0 Å². The van der Waals surface area contributed by atoms with Gasteiger partial charge in [0, 0.05) is 18.6 Å². The maximum atomic E-state index is 12.4. The maximum Gasteiger partial charge on any atom is 0.269 e. The van der Waals surface area contributed by atoms with Crippen LogP contribution in [0.4, 0.5) is 5.69 Å². The highest BCUT2D eigenvalue weighted by Gasteiger charge is 2.29. The number of carbonyl (C=O) groups is 1. The molecule has 0 aromatic heterocycles. The molecule has 0 aliphatic carbocycles. The van der Waals surface area contributed by atoms with Crippen LogP contribution in [0.15, 0.2) is 54.6 Å². The van der Waals surface area contributed by atoms with Crippen molar-refractivity contribution in [2.45, 2.75) is 25.9 Å². The fourth-order valence-electron chi connectivity index (χ4n) is 1.98. The fraction of sp³-hybridized carbons (Fsp3) is 0.235. The first-order valence-electron chi connectivity index (χ1n) is 6.89. The Balaban J connectivity index is 2.06. The van der Waals surface area contributed by atoms with E-state index in [9.17, 15) is 14.9 Å². The molecule has 0 heterocycles. The number of hydrogen-bond acceptors (Lipinski definition) is 4. The van der Waals surface area contributed by atoms with E-state index < -0.39 is 10.5 Å². The zero-order valence-electron chi connectivity index (χ0n) is 12.5. The molecule has 0 radical (unpaired) electrons. The second-order valence-corrected chi connectivity index (χ2v) is 5.45. The quantitative estimate of drug-likeness (QED) is 0.604. The van der Waals surface area contributed by atoms with Crippen molar-refractivity contribution < 1.29 is 14.5 Å². The minimum atomic E-state index is -1.01. The molecule has 0 atom stereocenters. The third-order valence-electron chi connectivity index (χ3n) is 3.30. The number of carbonyl (C=O) groups excluding carboxylic acids is 1. The molecule has 0 aliphatic heterocycles. The summed E-state index contributed by atoms with van der Waals surface area (Å²) in [6.07, 6.45) is 0.279. The number of non-ortho nitro benzene ring substituents is 1. The Kier molecular flexibility index (Phi) is 4.56. The number of Topliss-reactive ketones (excluding diaryl/α,β-unsaturated/α-hetero) is 1. The monoisotopic (exact) mass is 299 g/mol. The van der Waals surface area contributed by atoms with Crippen molar-refractivity contribution in [1.29, 1.82) is 0 Å². The zero-order chi connectivity index (χ0) is 16.2. The molecule has 5 nitrogen and oxygen atoms in total. The molecule has 0 bridgehead atoms. The Labute approximate surface area is 128 Å². The molecule has 5 heteroatoms. The normalized spacial score (nSPS) is 11.0. The first-order chi connectivity index (χ1) is 10.4.